The average Bonchev–Trinajstić information content (AvgIpc) is 2.40. The Kier molecular flexibility index (Phi) is 6.06. The summed E-state index contributed by atoms with van der Waals surface area (Å²) in [6, 6.07) is 9.16. The Morgan fingerprint density at radius 1 is 1.00 bits per heavy atom. The first-order valence-corrected chi connectivity index (χ1v) is 6.50. The lowest BCUT2D eigenvalue weighted by atomic mass is 9.87. The molecular formula is C15H20O4. The van der Waals surface area contributed by atoms with Crippen molar-refractivity contribution >= 4 is 11.9 Å². The highest BCUT2D eigenvalue weighted by Gasteiger charge is 2.33. The van der Waals surface area contributed by atoms with Gasteiger partial charge >= 0.3 is 11.9 Å². The fourth-order valence-electron chi connectivity index (χ4n) is 1.93. The van der Waals surface area contributed by atoms with Gasteiger partial charge in [0, 0.05) is 0 Å². The van der Waals surface area contributed by atoms with Gasteiger partial charge in [0.25, 0.3) is 0 Å². The molecule has 4 heteroatoms. The van der Waals surface area contributed by atoms with Crippen molar-refractivity contribution in [1.82, 2.24) is 0 Å². The summed E-state index contributed by atoms with van der Waals surface area (Å²) in [5.41, 5.74) is 0.765. The molecule has 0 spiro atoms. The summed E-state index contributed by atoms with van der Waals surface area (Å²) in [5.74, 6) is -1.97. The first-order valence-electron chi connectivity index (χ1n) is 6.50. The zero-order valence-corrected chi connectivity index (χ0v) is 11.6. The molecule has 4 nitrogen and oxygen atoms in total. The van der Waals surface area contributed by atoms with Crippen LogP contribution in [0.25, 0.3) is 0 Å². The van der Waals surface area contributed by atoms with E-state index < -0.39 is 17.8 Å². The van der Waals surface area contributed by atoms with Gasteiger partial charge in [0.15, 0.2) is 0 Å². The second-order valence-corrected chi connectivity index (χ2v) is 4.18. The van der Waals surface area contributed by atoms with E-state index in [1.807, 2.05) is 30.3 Å². The Morgan fingerprint density at radius 2 is 1.53 bits per heavy atom. The molecule has 104 valence electrons. The monoisotopic (exact) mass is 264 g/mol. The second kappa shape index (κ2) is 7.56. The molecule has 0 bridgehead atoms. The predicted octanol–water partition coefficient (Wildman–Crippen LogP) is 2.53. The molecule has 0 heterocycles. The maximum atomic E-state index is 12.1. The highest BCUT2D eigenvalue weighted by molar-refractivity contribution is 5.86. The van der Waals surface area contributed by atoms with Crippen molar-refractivity contribution in [3.63, 3.8) is 0 Å². The van der Waals surface area contributed by atoms with Crippen molar-refractivity contribution in [2.24, 2.45) is 5.92 Å². The van der Waals surface area contributed by atoms with Crippen LogP contribution in [0.2, 0.25) is 0 Å². The summed E-state index contributed by atoms with van der Waals surface area (Å²) in [6.07, 6.45) is 0. The third-order valence-corrected chi connectivity index (χ3v) is 2.86. The SMILES string of the molecule is CCOC(=O)C(C)C(C(=O)OCC)c1ccccc1. The van der Waals surface area contributed by atoms with E-state index in [4.69, 9.17) is 9.47 Å². The molecule has 0 aliphatic heterocycles. The van der Waals surface area contributed by atoms with Crippen molar-refractivity contribution in [1.29, 1.82) is 0 Å². The fraction of sp³-hybridized carbons (Fsp3) is 0.467. The van der Waals surface area contributed by atoms with Crippen molar-refractivity contribution in [3.05, 3.63) is 35.9 Å². The van der Waals surface area contributed by atoms with Gasteiger partial charge in [0.2, 0.25) is 0 Å². The first kappa shape index (κ1) is 15.2. The molecule has 0 saturated heterocycles. The maximum absolute atomic E-state index is 12.1. The van der Waals surface area contributed by atoms with Crippen LogP contribution in [-0.2, 0) is 19.1 Å². The standard InChI is InChI=1S/C15H20O4/c1-4-18-14(16)11(3)13(15(17)19-5-2)12-9-7-6-8-10-12/h6-11,13H,4-5H2,1-3H3. The second-order valence-electron chi connectivity index (χ2n) is 4.18. The number of benzene rings is 1. The van der Waals surface area contributed by atoms with Crippen LogP contribution in [0.5, 0.6) is 0 Å². The highest BCUT2D eigenvalue weighted by atomic mass is 16.5. The van der Waals surface area contributed by atoms with E-state index in [2.05, 4.69) is 0 Å². The van der Waals surface area contributed by atoms with E-state index in [1.165, 1.54) is 0 Å². The molecule has 2 atom stereocenters. The van der Waals surface area contributed by atoms with Gasteiger partial charge in [-0.05, 0) is 19.4 Å². The zero-order valence-electron chi connectivity index (χ0n) is 11.6. The molecule has 0 amide bonds. The topological polar surface area (TPSA) is 52.6 Å². The quantitative estimate of drug-likeness (QED) is 0.741. The molecule has 0 fully saturated rings. The third-order valence-electron chi connectivity index (χ3n) is 2.86. The summed E-state index contributed by atoms with van der Waals surface area (Å²) in [6.45, 7) is 5.76. The van der Waals surface area contributed by atoms with Gasteiger partial charge in [0.1, 0.15) is 0 Å². The minimum Gasteiger partial charge on any atom is -0.466 e. The van der Waals surface area contributed by atoms with Crippen LogP contribution in [0.3, 0.4) is 0 Å². The molecule has 0 aromatic heterocycles. The Hall–Kier alpha value is -1.84. The number of rotatable bonds is 6. The lowest BCUT2D eigenvalue weighted by Gasteiger charge is -2.21. The van der Waals surface area contributed by atoms with Crippen molar-refractivity contribution in [3.8, 4) is 0 Å². The Bertz CT molecular complexity index is 413. The van der Waals surface area contributed by atoms with E-state index in [9.17, 15) is 9.59 Å². The van der Waals surface area contributed by atoms with E-state index in [1.54, 1.807) is 20.8 Å². The largest absolute Gasteiger partial charge is 0.466 e. The van der Waals surface area contributed by atoms with Crippen LogP contribution in [-0.4, -0.2) is 25.2 Å². The number of hydrogen-bond donors (Lipinski definition) is 0. The summed E-state index contributed by atoms with van der Waals surface area (Å²) in [4.78, 5) is 23.9. The molecule has 0 aliphatic rings. The lowest BCUT2D eigenvalue weighted by Crippen LogP contribution is -2.29. The Balaban J connectivity index is 2.99. The average molecular weight is 264 g/mol. The summed E-state index contributed by atoms with van der Waals surface area (Å²) >= 11 is 0. The number of ether oxygens (including phenoxy) is 2. The summed E-state index contributed by atoms with van der Waals surface area (Å²) in [5, 5.41) is 0. The normalized spacial score (nSPS) is 13.4. The molecule has 2 unspecified atom stereocenters. The van der Waals surface area contributed by atoms with Crippen LogP contribution in [0.4, 0.5) is 0 Å². The molecule has 1 rings (SSSR count). The number of hydrogen-bond acceptors (Lipinski definition) is 4. The summed E-state index contributed by atoms with van der Waals surface area (Å²) < 4.78 is 10.0. The molecule has 0 aliphatic carbocycles. The highest BCUT2D eigenvalue weighted by Crippen LogP contribution is 2.27. The van der Waals surface area contributed by atoms with E-state index in [-0.39, 0.29) is 12.6 Å². The maximum Gasteiger partial charge on any atom is 0.314 e. The Labute approximate surface area is 113 Å². The predicted molar refractivity (Wildman–Crippen MR) is 71.6 cm³/mol. The molecular weight excluding hydrogens is 244 g/mol. The Morgan fingerprint density at radius 3 is 2.05 bits per heavy atom. The van der Waals surface area contributed by atoms with E-state index in [0.29, 0.717) is 6.61 Å². The van der Waals surface area contributed by atoms with Crippen molar-refractivity contribution in [2.45, 2.75) is 26.7 Å². The first-order chi connectivity index (χ1) is 9.11. The van der Waals surface area contributed by atoms with E-state index >= 15 is 0 Å². The van der Waals surface area contributed by atoms with Crippen LogP contribution in [0.1, 0.15) is 32.3 Å². The summed E-state index contributed by atoms with van der Waals surface area (Å²) in [7, 11) is 0. The lowest BCUT2D eigenvalue weighted by molar-refractivity contribution is -0.156. The van der Waals surface area contributed by atoms with Gasteiger partial charge in [-0.15, -0.1) is 0 Å². The zero-order chi connectivity index (χ0) is 14.3. The van der Waals surface area contributed by atoms with Gasteiger partial charge in [-0.1, -0.05) is 37.3 Å². The molecule has 0 N–H and O–H groups in total. The minimum absolute atomic E-state index is 0.289. The van der Waals surface area contributed by atoms with Crippen molar-refractivity contribution in [2.75, 3.05) is 13.2 Å². The molecule has 1 aromatic carbocycles. The smallest absolute Gasteiger partial charge is 0.314 e. The number of esters is 2. The van der Waals surface area contributed by atoms with Gasteiger partial charge in [-0.2, -0.15) is 0 Å². The van der Waals surface area contributed by atoms with Crippen LogP contribution in [0, 0.1) is 5.92 Å². The number of carbonyl (C=O) groups excluding carboxylic acids is 2. The van der Waals surface area contributed by atoms with Gasteiger partial charge < -0.3 is 9.47 Å². The van der Waals surface area contributed by atoms with Crippen LogP contribution in [0.15, 0.2) is 30.3 Å². The minimum atomic E-state index is -0.625. The molecule has 0 saturated carbocycles. The molecule has 1 aromatic rings. The van der Waals surface area contributed by atoms with Crippen LogP contribution < -0.4 is 0 Å². The van der Waals surface area contributed by atoms with Crippen molar-refractivity contribution < 1.29 is 19.1 Å². The molecule has 0 radical (unpaired) electrons. The van der Waals surface area contributed by atoms with Gasteiger partial charge in [0.05, 0.1) is 25.0 Å². The third kappa shape index (κ3) is 4.09. The van der Waals surface area contributed by atoms with Crippen LogP contribution >= 0.6 is 0 Å². The van der Waals surface area contributed by atoms with Gasteiger partial charge in [-0.25, -0.2) is 0 Å². The number of carbonyl (C=O) groups is 2. The molecule has 19 heavy (non-hydrogen) atoms. The van der Waals surface area contributed by atoms with Gasteiger partial charge in [-0.3, -0.25) is 9.59 Å². The van der Waals surface area contributed by atoms with E-state index in [0.717, 1.165) is 5.56 Å². The fourth-order valence-corrected chi connectivity index (χ4v) is 1.93.